The molecule has 8 nitrogen and oxygen atoms in total. The van der Waals surface area contributed by atoms with Crippen LogP contribution in [0.4, 0.5) is 17.3 Å². The van der Waals surface area contributed by atoms with E-state index in [-0.39, 0.29) is 18.9 Å². The minimum Gasteiger partial charge on any atom is -0.493 e. The van der Waals surface area contributed by atoms with Crippen LogP contribution in [0.3, 0.4) is 0 Å². The lowest BCUT2D eigenvalue weighted by Gasteiger charge is -2.12. The maximum Gasteiger partial charge on any atom is 0.228 e. The number of methoxy groups -OCH3 is 2. The van der Waals surface area contributed by atoms with Gasteiger partial charge in [0, 0.05) is 34.6 Å². The SMILES string of the molecule is COc1ccc(Nc2ncc3c(n2)-c2ccc(C#CCO)cc2NC(=O)C3)cc1OC. The quantitative estimate of drug-likeness (QED) is 0.562. The van der Waals surface area contributed by atoms with Crippen LogP contribution < -0.4 is 20.1 Å². The van der Waals surface area contributed by atoms with E-state index >= 15 is 0 Å². The first-order valence-corrected chi connectivity index (χ1v) is 9.50. The van der Waals surface area contributed by atoms with Crippen molar-refractivity contribution in [2.24, 2.45) is 0 Å². The Morgan fingerprint density at radius 2 is 2.00 bits per heavy atom. The Balaban J connectivity index is 1.72. The first kappa shape index (κ1) is 20.2. The molecule has 4 rings (SSSR count). The zero-order valence-corrected chi connectivity index (χ0v) is 17.0. The van der Waals surface area contributed by atoms with Gasteiger partial charge in [-0.15, -0.1) is 0 Å². The molecule has 0 fully saturated rings. The molecule has 0 atom stereocenters. The number of hydrogen-bond donors (Lipinski definition) is 3. The molecule has 2 aromatic carbocycles. The fraction of sp³-hybridized carbons (Fsp3) is 0.174. The molecule has 1 aliphatic rings. The number of carbonyl (C=O) groups is 1. The summed E-state index contributed by atoms with van der Waals surface area (Å²) in [4.78, 5) is 21.4. The average Bonchev–Trinajstić information content (AvgIpc) is 2.92. The van der Waals surface area contributed by atoms with Crippen LogP contribution in [0.2, 0.25) is 0 Å². The van der Waals surface area contributed by atoms with Crippen LogP contribution in [0, 0.1) is 11.8 Å². The summed E-state index contributed by atoms with van der Waals surface area (Å²) < 4.78 is 10.6. The molecular formula is C23H20N4O4. The Morgan fingerprint density at radius 3 is 2.77 bits per heavy atom. The van der Waals surface area contributed by atoms with Gasteiger partial charge in [0.05, 0.1) is 32.0 Å². The Hall–Kier alpha value is -4.09. The fourth-order valence-corrected chi connectivity index (χ4v) is 3.31. The standard InChI is InChI=1S/C23H20N4O4/c1-30-19-8-6-16(12-20(19)31-2)25-23-24-13-15-11-21(29)26-18-10-14(4-3-9-28)5-7-17(18)22(15)27-23/h5-8,10,12-13,28H,9,11H2,1-2H3,(H,26,29)(H,24,25,27). The van der Waals surface area contributed by atoms with Gasteiger partial charge in [-0.2, -0.15) is 0 Å². The highest BCUT2D eigenvalue weighted by Crippen LogP contribution is 2.35. The molecule has 0 saturated heterocycles. The monoisotopic (exact) mass is 416 g/mol. The molecule has 0 bridgehead atoms. The van der Waals surface area contributed by atoms with Gasteiger partial charge >= 0.3 is 0 Å². The van der Waals surface area contributed by atoms with Crippen molar-refractivity contribution in [3.63, 3.8) is 0 Å². The van der Waals surface area contributed by atoms with Crippen molar-refractivity contribution >= 4 is 23.2 Å². The minimum atomic E-state index is -0.231. The third-order valence-electron chi connectivity index (χ3n) is 4.72. The molecule has 2 heterocycles. The third-order valence-corrected chi connectivity index (χ3v) is 4.72. The highest BCUT2D eigenvalue weighted by Gasteiger charge is 2.21. The van der Waals surface area contributed by atoms with Gasteiger partial charge in [-0.25, -0.2) is 9.97 Å². The number of nitrogens with one attached hydrogen (secondary N) is 2. The van der Waals surface area contributed by atoms with Gasteiger partial charge < -0.3 is 25.2 Å². The number of fused-ring (bicyclic) bond motifs is 3. The summed E-state index contributed by atoms with van der Waals surface area (Å²) in [6.45, 7) is -0.231. The number of hydrogen-bond acceptors (Lipinski definition) is 7. The van der Waals surface area contributed by atoms with Crippen LogP contribution in [-0.2, 0) is 11.2 Å². The molecule has 1 aromatic heterocycles. The Bertz CT molecular complexity index is 1210. The summed E-state index contributed by atoms with van der Waals surface area (Å²) in [5, 5.41) is 15.0. The van der Waals surface area contributed by atoms with E-state index in [1.54, 1.807) is 38.6 Å². The van der Waals surface area contributed by atoms with Gasteiger partial charge in [-0.1, -0.05) is 11.8 Å². The van der Waals surface area contributed by atoms with E-state index in [4.69, 9.17) is 14.6 Å². The van der Waals surface area contributed by atoms with E-state index in [1.165, 1.54) is 0 Å². The molecule has 0 aliphatic carbocycles. The number of aromatic nitrogens is 2. The van der Waals surface area contributed by atoms with Crippen molar-refractivity contribution in [3.8, 4) is 34.6 Å². The molecule has 1 amide bonds. The lowest BCUT2D eigenvalue weighted by atomic mass is 10.0. The molecule has 156 valence electrons. The van der Waals surface area contributed by atoms with Gasteiger partial charge in [0.25, 0.3) is 0 Å². The van der Waals surface area contributed by atoms with Crippen molar-refractivity contribution in [1.82, 2.24) is 9.97 Å². The highest BCUT2D eigenvalue weighted by molar-refractivity contribution is 6.00. The lowest BCUT2D eigenvalue weighted by Crippen LogP contribution is -2.13. The van der Waals surface area contributed by atoms with E-state index in [0.29, 0.717) is 34.4 Å². The van der Waals surface area contributed by atoms with Crippen LogP contribution in [-0.4, -0.2) is 41.8 Å². The van der Waals surface area contributed by atoms with E-state index in [0.717, 1.165) is 16.8 Å². The first-order chi connectivity index (χ1) is 15.1. The molecule has 3 aromatic rings. The molecule has 0 saturated carbocycles. The van der Waals surface area contributed by atoms with Gasteiger partial charge in [-0.05, 0) is 30.3 Å². The predicted molar refractivity (Wildman–Crippen MR) is 117 cm³/mol. The smallest absolute Gasteiger partial charge is 0.228 e. The number of aliphatic hydroxyl groups is 1. The van der Waals surface area contributed by atoms with Gasteiger partial charge in [0.1, 0.15) is 6.61 Å². The molecule has 0 radical (unpaired) electrons. The number of amides is 1. The van der Waals surface area contributed by atoms with Crippen LogP contribution in [0.15, 0.2) is 42.6 Å². The van der Waals surface area contributed by atoms with Gasteiger partial charge in [-0.3, -0.25) is 4.79 Å². The van der Waals surface area contributed by atoms with Crippen LogP contribution in [0.1, 0.15) is 11.1 Å². The molecule has 1 aliphatic heterocycles. The predicted octanol–water partition coefficient (Wildman–Crippen LogP) is 2.74. The highest BCUT2D eigenvalue weighted by atomic mass is 16.5. The Morgan fingerprint density at radius 1 is 1.16 bits per heavy atom. The average molecular weight is 416 g/mol. The summed E-state index contributed by atoms with van der Waals surface area (Å²) in [6, 6.07) is 10.9. The zero-order chi connectivity index (χ0) is 21.8. The number of anilines is 3. The van der Waals surface area contributed by atoms with E-state index in [1.807, 2.05) is 18.2 Å². The number of aliphatic hydroxyl groups excluding tert-OH is 1. The van der Waals surface area contributed by atoms with Crippen LogP contribution in [0.5, 0.6) is 11.5 Å². The maximum atomic E-state index is 12.4. The Kier molecular flexibility index (Phi) is 5.69. The molecule has 8 heteroatoms. The summed E-state index contributed by atoms with van der Waals surface area (Å²) in [6.07, 6.45) is 1.82. The van der Waals surface area contributed by atoms with Crippen molar-refractivity contribution in [2.75, 3.05) is 31.5 Å². The minimum absolute atomic E-state index is 0.156. The van der Waals surface area contributed by atoms with Gasteiger partial charge in [0.2, 0.25) is 11.9 Å². The molecule has 31 heavy (non-hydrogen) atoms. The van der Waals surface area contributed by atoms with Crippen molar-refractivity contribution < 1.29 is 19.4 Å². The second kappa shape index (κ2) is 8.73. The van der Waals surface area contributed by atoms with Crippen molar-refractivity contribution in [3.05, 3.63) is 53.7 Å². The van der Waals surface area contributed by atoms with Crippen LogP contribution >= 0.6 is 0 Å². The fourth-order valence-electron chi connectivity index (χ4n) is 3.31. The zero-order valence-electron chi connectivity index (χ0n) is 17.0. The number of ether oxygens (including phenoxy) is 2. The number of benzene rings is 2. The van der Waals surface area contributed by atoms with Crippen molar-refractivity contribution in [1.29, 1.82) is 0 Å². The molecule has 3 N–H and O–H groups in total. The summed E-state index contributed by atoms with van der Waals surface area (Å²) >= 11 is 0. The second-order valence-corrected chi connectivity index (χ2v) is 6.71. The largest absolute Gasteiger partial charge is 0.493 e. The molecule has 0 spiro atoms. The van der Waals surface area contributed by atoms with Gasteiger partial charge in [0.15, 0.2) is 11.5 Å². The topological polar surface area (TPSA) is 106 Å². The van der Waals surface area contributed by atoms with Crippen molar-refractivity contribution in [2.45, 2.75) is 6.42 Å². The van der Waals surface area contributed by atoms with E-state index in [9.17, 15) is 4.79 Å². The lowest BCUT2D eigenvalue weighted by molar-refractivity contribution is -0.115. The second-order valence-electron chi connectivity index (χ2n) is 6.71. The summed E-state index contributed by atoms with van der Waals surface area (Å²) in [7, 11) is 3.15. The first-order valence-electron chi connectivity index (χ1n) is 9.50. The molecule has 0 unspecified atom stereocenters. The normalized spacial score (nSPS) is 11.8. The summed E-state index contributed by atoms with van der Waals surface area (Å²) in [5.74, 6) is 6.89. The van der Waals surface area contributed by atoms with E-state index in [2.05, 4.69) is 32.4 Å². The molecular weight excluding hydrogens is 396 g/mol. The third kappa shape index (κ3) is 4.27. The Labute approximate surface area is 179 Å². The number of nitrogens with zero attached hydrogens (tertiary/aromatic N) is 2. The van der Waals surface area contributed by atoms with Crippen LogP contribution in [0.25, 0.3) is 11.3 Å². The maximum absolute atomic E-state index is 12.4. The van der Waals surface area contributed by atoms with E-state index < -0.39 is 0 Å². The number of rotatable bonds is 4. The number of carbonyl (C=O) groups excluding carboxylic acids is 1. The summed E-state index contributed by atoms with van der Waals surface area (Å²) in [5.41, 5.74) is 4.19.